The van der Waals surface area contributed by atoms with Crippen molar-refractivity contribution >= 4 is 21.4 Å². The molecule has 2 aromatic carbocycles. The van der Waals surface area contributed by atoms with E-state index in [0.29, 0.717) is 4.90 Å². The third kappa shape index (κ3) is 3.46. The Labute approximate surface area is 130 Å². The first-order valence-electron chi connectivity index (χ1n) is 6.52. The van der Waals surface area contributed by atoms with Crippen molar-refractivity contribution in [2.45, 2.75) is 24.8 Å². The Morgan fingerprint density at radius 1 is 1.05 bits per heavy atom. The van der Waals surface area contributed by atoms with Crippen LogP contribution in [0.4, 0.5) is 0 Å². The summed E-state index contributed by atoms with van der Waals surface area (Å²) in [7, 11) is -3.19. The molecule has 0 saturated carbocycles. The lowest BCUT2D eigenvalue weighted by Crippen LogP contribution is -2.14. The van der Waals surface area contributed by atoms with E-state index in [1.165, 1.54) is 6.26 Å². The van der Waals surface area contributed by atoms with Crippen LogP contribution in [0, 0.1) is 13.8 Å². The van der Waals surface area contributed by atoms with Crippen molar-refractivity contribution in [2.24, 2.45) is 5.73 Å². The molecule has 1 unspecified atom stereocenters. The Morgan fingerprint density at radius 3 is 2.14 bits per heavy atom. The molecule has 1 atom stereocenters. The van der Waals surface area contributed by atoms with Gasteiger partial charge in [-0.3, -0.25) is 0 Å². The summed E-state index contributed by atoms with van der Waals surface area (Å²) >= 11 is 6.10. The van der Waals surface area contributed by atoms with Crippen molar-refractivity contribution < 1.29 is 8.42 Å². The van der Waals surface area contributed by atoms with Crippen LogP contribution in [0.5, 0.6) is 0 Å². The summed E-state index contributed by atoms with van der Waals surface area (Å²) in [5.41, 5.74) is 10.2. The summed E-state index contributed by atoms with van der Waals surface area (Å²) in [6.45, 7) is 3.90. The fourth-order valence-corrected chi connectivity index (χ4v) is 3.09. The highest BCUT2D eigenvalue weighted by atomic mass is 35.5. The van der Waals surface area contributed by atoms with E-state index in [1.54, 1.807) is 24.3 Å². The molecule has 0 aliphatic heterocycles. The van der Waals surface area contributed by atoms with Crippen LogP contribution < -0.4 is 5.73 Å². The second-order valence-corrected chi connectivity index (χ2v) is 7.70. The Hall–Kier alpha value is -1.36. The highest BCUT2D eigenvalue weighted by Gasteiger charge is 2.14. The SMILES string of the molecule is Cc1cc(C(N)c2ccc(S(C)(=O)=O)cc2)c(C)cc1Cl. The van der Waals surface area contributed by atoms with E-state index in [-0.39, 0.29) is 6.04 Å². The Bertz CT molecular complexity index is 768. The van der Waals surface area contributed by atoms with Crippen molar-refractivity contribution in [3.05, 3.63) is 63.7 Å². The van der Waals surface area contributed by atoms with Crippen LogP contribution in [0.25, 0.3) is 0 Å². The van der Waals surface area contributed by atoms with Gasteiger partial charge in [-0.15, -0.1) is 0 Å². The average molecular weight is 324 g/mol. The Kier molecular flexibility index (Phi) is 4.42. The van der Waals surface area contributed by atoms with Gasteiger partial charge in [0.05, 0.1) is 10.9 Å². The maximum Gasteiger partial charge on any atom is 0.175 e. The standard InChI is InChI=1S/C16H18ClNO2S/c1-10-9-15(17)11(2)8-14(10)16(18)12-4-6-13(7-5-12)21(3,19)20/h4-9,16H,18H2,1-3H3. The highest BCUT2D eigenvalue weighted by Crippen LogP contribution is 2.28. The van der Waals surface area contributed by atoms with Gasteiger partial charge in [0.15, 0.2) is 9.84 Å². The first-order valence-corrected chi connectivity index (χ1v) is 8.79. The number of hydrogen-bond acceptors (Lipinski definition) is 3. The molecule has 0 radical (unpaired) electrons. The molecule has 0 fully saturated rings. The molecule has 0 spiro atoms. The Morgan fingerprint density at radius 2 is 1.62 bits per heavy atom. The van der Waals surface area contributed by atoms with E-state index in [2.05, 4.69) is 0 Å². The largest absolute Gasteiger partial charge is 0.320 e. The zero-order chi connectivity index (χ0) is 15.8. The quantitative estimate of drug-likeness (QED) is 0.941. The summed E-state index contributed by atoms with van der Waals surface area (Å²) in [4.78, 5) is 0.294. The van der Waals surface area contributed by atoms with Gasteiger partial charge in [0.25, 0.3) is 0 Å². The summed E-state index contributed by atoms with van der Waals surface area (Å²) in [6, 6.07) is 10.2. The van der Waals surface area contributed by atoms with Gasteiger partial charge in [-0.25, -0.2) is 8.42 Å². The van der Waals surface area contributed by atoms with Crippen molar-refractivity contribution in [1.29, 1.82) is 0 Å². The van der Waals surface area contributed by atoms with Crippen LogP contribution in [-0.4, -0.2) is 14.7 Å². The zero-order valence-corrected chi connectivity index (χ0v) is 13.8. The Balaban J connectivity index is 2.41. The molecular formula is C16H18ClNO2S. The molecule has 0 heterocycles. The topological polar surface area (TPSA) is 60.2 Å². The van der Waals surface area contributed by atoms with Gasteiger partial charge >= 0.3 is 0 Å². The fraction of sp³-hybridized carbons (Fsp3) is 0.250. The smallest absolute Gasteiger partial charge is 0.175 e. The molecule has 2 aromatic rings. The highest BCUT2D eigenvalue weighted by molar-refractivity contribution is 7.90. The van der Waals surface area contributed by atoms with E-state index in [0.717, 1.165) is 27.3 Å². The van der Waals surface area contributed by atoms with Crippen molar-refractivity contribution in [3.63, 3.8) is 0 Å². The lowest BCUT2D eigenvalue weighted by atomic mass is 9.94. The number of halogens is 1. The lowest BCUT2D eigenvalue weighted by Gasteiger charge is -2.17. The van der Waals surface area contributed by atoms with E-state index in [1.807, 2.05) is 26.0 Å². The van der Waals surface area contributed by atoms with Gasteiger partial charge in [-0.1, -0.05) is 29.8 Å². The lowest BCUT2D eigenvalue weighted by molar-refractivity contribution is 0.602. The average Bonchev–Trinajstić information content (AvgIpc) is 2.41. The van der Waals surface area contributed by atoms with Gasteiger partial charge in [-0.05, 0) is 54.3 Å². The number of rotatable bonds is 3. The second kappa shape index (κ2) is 5.79. The molecule has 0 amide bonds. The predicted molar refractivity (Wildman–Crippen MR) is 86.5 cm³/mol. The maximum absolute atomic E-state index is 11.5. The van der Waals surface area contributed by atoms with Crippen LogP contribution in [-0.2, 0) is 9.84 Å². The second-order valence-electron chi connectivity index (χ2n) is 5.28. The maximum atomic E-state index is 11.5. The van der Waals surface area contributed by atoms with Crippen molar-refractivity contribution in [2.75, 3.05) is 6.26 Å². The third-order valence-electron chi connectivity index (χ3n) is 3.55. The van der Waals surface area contributed by atoms with Gasteiger partial charge in [-0.2, -0.15) is 0 Å². The minimum Gasteiger partial charge on any atom is -0.320 e. The molecule has 0 aliphatic rings. The molecule has 112 valence electrons. The van der Waals surface area contributed by atoms with E-state index in [4.69, 9.17) is 17.3 Å². The molecular weight excluding hydrogens is 306 g/mol. The zero-order valence-electron chi connectivity index (χ0n) is 12.2. The predicted octanol–water partition coefficient (Wildman–Crippen LogP) is 3.41. The summed E-state index contributed by atoms with van der Waals surface area (Å²) in [5.74, 6) is 0. The van der Waals surface area contributed by atoms with Crippen LogP contribution in [0.15, 0.2) is 41.3 Å². The third-order valence-corrected chi connectivity index (χ3v) is 5.09. The van der Waals surface area contributed by atoms with E-state index in [9.17, 15) is 8.42 Å². The summed E-state index contributed by atoms with van der Waals surface area (Å²) in [5, 5.41) is 0.718. The molecule has 2 N–H and O–H groups in total. The number of nitrogens with two attached hydrogens (primary N) is 1. The molecule has 21 heavy (non-hydrogen) atoms. The molecule has 0 aromatic heterocycles. The molecule has 2 rings (SSSR count). The van der Waals surface area contributed by atoms with Gasteiger partial charge in [0.2, 0.25) is 0 Å². The minimum absolute atomic E-state index is 0.294. The molecule has 3 nitrogen and oxygen atoms in total. The van der Waals surface area contributed by atoms with E-state index < -0.39 is 9.84 Å². The first kappa shape index (κ1) is 16.0. The van der Waals surface area contributed by atoms with Crippen LogP contribution in [0.3, 0.4) is 0 Å². The summed E-state index contributed by atoms with van der Waals surface area (Å²) < 4.78 is 22.9. The van der Waals surface area contributed by atoms with Crippen molar-refractivity contribution in [1.82, 2.24) is 0 Å². The van der Waals surface area contributed by atoms with E-state index >= 15 is 0 Å². The molecule has 0 bridgehead atoms. The fourth-order valence-electron chi connectivity index (χ4n) is 2.24. The minimum atomic E-state index is -3.19. The molecule has 0 aliphatic carbocycles. The number of aryl methyl sites for hydroxylation is 2. The van der Waals surface area contributed by atoms with Gasteiger partial charge in [0.1, 0.15) is 0 Å². The van der Waals surface area contributed by atoms with Crippen LogP contribution in [0.2, 0.25) is 5.02 Å². The van der Waals surface area contributed by atoms with Gasteiger partial charge in [0, 0.05) is 11.3 Å². The summed E-state index contributed by atoms with van der Waals surface area (Å²) in [6.07, 6.45) is 1.19. The first-order chi connectivity index (χ1) is 9.70. The molecule has 5 heteroatoms. The number of hydrogen-bond donors (Lipinski definition) is 1. The molecule has 0 saturated heterocycles. The van der Waals surface area contributed by atoms with Crippen LogP contribution >= 0.6 is 11.6 Å². The van der Waals surface area contributed by atoms with Gasteiger partial charge < -0.3 is 5.73 Å². The van der Waals surface area contributed by atoms with Crippen molar-refractivity contribution in [3.8, 4) is 0 Å². The number of sulfone groups is 1. The van der Waals surface area contributed by atoms with Crippen LogP contribution in [0.1, 0.15) is 28.3 Å². The normalized spacial score (nSPS) is 13.2. The monoisotopic (exact) mass is 323 g/mol. The number of benzene rings is 2.